The van der Waals surface area contributed by atoms with Crippen LogP contribution in [-0.2, 0) is 0 Å². The SMILES string of the molecule is CCOc1ccc(C(=O)N2CCC3(CCNC3)CC2)cc1. The third-order valence-electron chi connectivity index (χ3n) is 4.86. The standard InChI is InChI=1S/C17H24N2O2/c1-2-21-15-5-3-14(4-6-15)16(20)19-11-8-17(9-12-19)7-10-18-13-17/h3-6,18H,2,7-13H2,1H3. The van der Waals surface area contributed by atoms with Crippen LogP contribution in [0.1, 0.15) is 36.5 Å². The minimum atomic E-state index is 0.152. The fourth-order valence-corrected chi connectivity index (χ4v) is 3.45. The summed E-state index contributed by atoms with van der Waals surface area (Å²) in [5.41, 5.74) is 1.22. The minimum absolute atomic E-state index is 0.152. The maximum Gasteiger partial charge on any atom is 0.253 e. The van der Waals surface area contributed by atoms with Crippen LogP contribution in [-0.4, -0.2) is 43.6 Å². The van der Waals surface area contributed by atoms with Crippen molar-refractivity contribution in [3.8, 4) is 5.75 Å². The second-order valence-electron chi connectivity index (χ2n) is 6.18. The van der Waals surface area contributed by atoms with Crippen molar-refractivity contribution in [1.82, 2.24) is 10.2 Å². The number of hydrogen-bond donors (Lipinski definition) is 1. The monoisotopic (exact) mass is 288 g/mol. The maximum absolute atomic E-state index is 12.5. The molecule has 1 aromatic rings. The molecule has 4 nitrogen and oxygen atoms in total. The molecule has 114 valence electrons. The van der Waals surface area contributed by atoms with Crippen molar-refractivity contribution in [2.75, 3.05) is 32.8 Å². The second kappa shape index (κ2) is 6.06. The third-order valence-corrected chi connectivity index (χ3v) is 4.86. The van der Waals surface area contributed by atoms with Crippen LogP contribution in [0.25, 0.3) is 0 Å². The fraction of sp³-hybridized carbons (Fsp3) is 0.588. The van der Waals surface area contributed by atoms with Crippen LogP contribution in [0.15, 0.2) is 24.3 Å². The number of rotatable bonds is 3. The molecule has 1 N–H and O–H groups in total. The molecule has 21 heavy (non-hydrogen) atoms. The normalized spacial score (nSPS) is 20.7. The van der Waals surface area contributed by atoms with Crippen LogP contribution in [0.3, 0.4) is 0 Å². The molecule has 0 atom stereocenters. The number of likely N-dealkylation sites (tertiary alicyclic amines) is 1. The molecular weight excluding hydrogens is 264 g/mol. The number of carbonyl (C=O) groups is 1. The van der Waals surface area contributed by atoms with E-state index in [4.69, 9.17) is 4.74 Å². The topological polar surface area (TPSA) is 41.6 Å². The van der Waals surface area contributed by atoms with Gasteiger partial charge in [0.25, 0.3) is 5.91 Å². The Bertz CT molecular complexity index is 482. The number of nitrogens with zero attached hydrogens (tertiary/aromatic N) is 1. The summed E-state index contributed by atoms with van der Waals surface area (Å²) in [6.07, 6.45) is 3.52. The average Bonchev–Trinajstić information content (AvgIpc) is 2.97. The van der Waals surface area contributed by atoms with Gasteiger partial charge in [0.1, 0.15) is 5.75 Å². The van der Waals surface area contributed by atoms with Gasteiger partial charge in [0, 0.05) is 25.2 Å². The number of benzene rings is 1. The van der Waals surface area contributed by atoms with Gasteiger partial charge in [-0.15, -0.1) is 0 Å². The van der Waals surface area contributed by atoms with Gasteiger partial charge in [-0.2, -0.15) is 0 Å². The van der Waals surface area contributed by atoms with Gasteiger partial charge in [-0.3, -0.25) is 4.79 Å². The van der Waals surface area contributed by atoms with Crippen molar-refractivity contribution in [2.45, 2.75) is 26.2 Å². The van der Waals surface area contributed by atoms with Crippen LogP contribution in [0.2, 0.25) is 0 Å². The van der Waals surface area contributed by atoms with E-state index in [1.807, 2.05) is 36.1 Å². The van der Waals surface area contributed by atoms with Gasteiger partial charge in [-0.1, -0.05) is 0 Å². The van der Waals surface area contributed by atoms with E-state index >= 15 is 0 Å². The number of piperidine rings is 1. The molecule has 0 saturated carbocycles. The Morgan fingerprint density at radius 1 is 1.24 bits per heavy atom. The van der Waals surface area contributed by atoms with Crippen LogP contribution in [0.5, 0.6) is 5.75 Å². The largest absolute Gasteiger partial charge is 0.494 e. The molecule has 3 rings (SSSR count). The Kier molecular flexibility index (Phi) is 4.15. The molecule has 0 bridgehead atoms. The van der Waals surface area contributed by atoms with E-state index in [1.165, 1.54) is 6.42 Å². The minimum Gasteiger partial charge on any atom is -0.494 e. The molecule has 2 aliphatic rings. The molecule has 0 unspecified atom stereocenters. The number of nitrogens with one attached hydrogen (secondary N) is 1. The Morgan fingerprint density at radius 2 is 1.95 bits per heavy atom. The first-order chi connectivity index (χ1) is 10.2. The number of amides is 1. The predicted molar refractivity (Wildman–Crippen MR) is 82.7 cm³/mol. The van der Waals surface area contributed by atoms with Gasteiger partial charge in [0.05, 0.1) is 6.61 Å². The molecule has 2 heterocycles. The van der Waals surface area contributed by atoms with Crippen molar-refractivity contribution in [3.05, 3.63) is 29.8 Å². The molecule has 2 aliphatic heterocycles. The first kappa shape index (κ1) is 14.4. The van der Waals surface area contributed by atoms with Gasteiger partial charge in [-0.05, 0) is 62.4 Å². The van der Waals surface area contributed by atoms with Crippen molar-refractivity contribution in [3.63, 3.8) is 0 Å². The summed E-state index contributed by atoms with van der Waals surface area (Å²) >= 11 is 0. The summed E-state index contributed by atoms with van der Waals surface area (Å²) in [4.78, 5) is 14.5. The van der Waals surface area contributed by atoms with E-state index < -0.39 is 0 Å². The van der Waals surface area contributed by atoms with Crippen LogP contribution < -0.4 is 10.1 Å². The molecule has 2 fully saturated rings. The molecule has 1 spiro atoms. The molecule has 0 aromatic heterocycles. The summed E-state index contributed by atoms with van der Waals surface area (Å²) in [7, 11) is 0. The number of ether oxygens (including phenoxy) is 1. The summed E-state index contributed by atoms with van der Waals surface area (Å²) in [6.45, 7) is 6.63. The zero-order chi connectivity index (χ0) is 14.7. The lowest BCUT2D eigenvalue weighted by atomic mass is 9.78. The Balaban J connectivity index is 1.60. The molecule has 0 radical (unpaired) electrons. The van der Waals surface area contributed by atoms with Crippen molar-refractivity contribution in [1.29, 1.82) is 0 Å². The van der Waals surface area contributed by atoms with E-state index in [-0.39, 0.29) is 5.91 Å². The molecular formula is C17H24N2O2. The smallest absolute Gasteiger partial charge is 0.253 e. The Labute approximate surface area is 126 Å². The Morgan fingerprint density at radius 3 is 2.52 bits per heavy atom. The summed E-state index contributed by atoms with van der Waals surface area (Å²) in [5.74, 6) is 0.975. The van der Waals surface area contributed by atoms with Crippen LogP contribution >= 0.6 is 0 Å². The molecule has 1 amide bonds. The summed E-state index contributed by atoms with van der Waals surface area (Å²) < 4.78 is 5.42. The lowest BCUT2D eigenvalue weighted by Crippen LogP contribution is -2.44. The Hall–Kier alpha value is -1.55. The summed E-state index contributed by atoms with van der Waals surface area (Å²) in [5, 5.41) is 3.46. The first-order valence-corrected chi connectivity index (χ1v) is 7.95. The molecule has 1 aromatic carbocycles. The van der Waals surface area contributed by atoms with Crippen molar-refractivity contribution in [2.24, 2.45) is 5.41 Å². The molecule has 0 aliphatic carbocycles. The van der Waals surface area contributed by atoms with Gasteiger partial charge >= 0.3 is 0 Å². The zero-order valence-corrected chi connectivity index (χ0v) is 12.7. The second-order valence-corrected chi connectivity index (χ2v) is 6.18. The van der Waals surface area contributed by atoms with Crippen molar-refractivity contribution >= 4 is 5.91 Å². The van der Waals surface area contributed by atoms with E-state index in [1.54, 1.807) is 0 Å². The summed E-state index contributed by atoms with van der Waals surface area (Å²) in [6, 6.07) is 7.50. The highest BCUT2D eigenvalue weighted by molar-refractivity contribution is 5.94. The molecule has 4 heteroatoms. The van der Waals surface area contributed by atoms with E-state index in [0.717, 1.165) is 50.3 Å². The highest BCUT2D eigenvalue weighted by Gasteiger charge is 2.38. The average molecular weight is 288 g/mol. The van der Waals surface area contributed by atoms with Gasteiger partial charge in [0.15, 0.2) is 0 Å². The van der Waals surface area contributed by atoms with E-state index in [9.17, 15) is 4.79 Å². The zero-order valence-electron chi connectivity index (χ0n) is 12.7. The van der Waals surface area contributed by atoms with Crippen molar-refractivity contribution < 1.29 is 9.53 Å². The first-order valence-electron chi connectivity index (χ1n) is 7.95. The highest BCUT2D eigenvalue weighted by Crippen LogP contribution is 2.37. The quantitative estimate of drug-likeness (QED) is 0.928. The lowest BCUT2D eigenvalue weighted by molar-refractivity contribution is 0.0607. The molecule has 2 saturated heterocycles. The lowest BCUT2D eigenvalue weighted by Gasteiger charge is -2.38. The van der Waals surface area contributed by atoms with Crippen LogP contribution in [0, 0.1) is 5.41 Å². The number of carbonyl (C=O) groups excluding carboxylic acids is 1. The number of hydrogen-bond acceptors (Lipinski definition) is 3. The highest BCUT2D eigenvalue weighted by atomic mass is 16.5. The van der Waals surface area contributed by atoms with Gasteiger partial charge in [-0.25, -0.2) is 0 Å². The van der Waals surface area contributed by atoms with E-state index in [0.29, 0.717) is 12.0 Å². The van der Waals surface area contributed by atoms with Gasteiger partial charge in [0.2, 0.25) is 0 Å². The fourth-order valence-electron chi connectivity index (χ4n) is 3.45. The van der Waals surface area contributed by atoms with Gasteiger partial charge < -0.3 is 15.0 Å². The van der Waals surface area contributed by atoms with Crippen LogP contribution in [0.4, 0.5) is 0 Å². The predicted octanol–water partition coefficient (Wildman–Crippen LogP) is 2.30. The van der Waals surface area contributed by atoms with E-state index in [2.05, 4.69) is 5.32 Å². The third kappa shape index (κ3) is 3.05. The maximum atomic E-state index is 12.5.